The van der Waals surface area contributed by atoms with Gasteiger partial charge in [-0.15, -0.1) is 0 Å². The minimum atomic E-state index is -0.774. The molecule has 0 bridgehead atoms. The summed E-state index contributed by atoms with van der Waals surface area (Å²) in [5.74, 6) is -0.852. The van der Waals surface area contributed by atoms with Gasteiger partial charge in [-0.05, 0) is 77.0 Å². The maximum absolute atomic E-state index is 12.9. The van der Waals surface area contributed by atoms with Gasteiger partial charge in [-0.25, -0.2) is 0 Å². The molecule has 0 radical (unpaired) electrons. The summed E-state index contributed by atoms with van der Waals surface area (Å²) in [4.78, 5) is 38.4. The van der Waals surface area contributed by atoms with Crippen molar-refractivity contribution in [2.24, 2.45) is 0 Å². The number of hydrogen-bond donors (Lipinski definition) is 0. The normalized spacial score (nSPS) is 12.2. The molecule has 458 valence electrons. The molecule has 0 heterocycles. The van der Waals surface area contributed by atoms with Crippen LogP contribution in [0.25, 0.3) is 0 Å². The molecule has 0 fully saturated rings. The molecule has 0 aromatic heterocycles. The number of allylic oxidation sites excluding steroid dienone is 6. The van der Waals surface area contributed by atoms with Gasteiger partial charge in [0, 0.05) is 19.3 Å². The van der Waals surface area contributed by atoms with Crippen molar-refractivity contribution in [3.05, 3.63) is 36.5 Å². The first kappa shape index (κ1) is 75.6. The van der Waals surface area contributed by atoms with E-state index in [0.29, 0.717) is 19.3 Å². The van der Waals surface area contributed by atoms with Crippen LogP contribution in [0.15, 0.2) is 36.5 Å². The van der Waals surface area contributed by atoms with Gasteiger partial charge in [0.05, 0.1) is 0 Å². The number of unbranched alkanes of at least 4 members (excludes halogenated alkanes) is 48. The molecule has 78 heavy (non-hydrogen) atoms. The lowest BCUT2D eigenvalue weighted by Crippen LogP contribution is -2.30. The molecule has 1 unspecified atom stereocenters. The van der Waals surface area contributed by atoms with Crippen molar-refractivity contribution < 1.29 is 28.6 Å². The molecule has 0 saturated carbocycles. The lowest BCUT2D eigenvalue weighted by Gasteiger charge is -2.18. The Labute approximate surface area is 486 Å². The van der Waals surface area contributed by atoms with E-state index in [2.05, 4.69) is 57.2 Å². The quantitative estimate of drug-likeness (QED) is 0.0261. The first-order chi connectivity index (χ1) is 38.5. The second-order valence-corrected chi connectivity index (χ2v) is 23.8. The standard InChI is InChI=1S/C72H134O6/c1-4-7-10-13-16-19-22-25-27-29-31-33-35-36-37-39-40-42-44-47-50-53-56-59-62-65-71(74)77-68-69(67-76-70(73)64-61-58-55-52-49-46-24-21-18-15-12-9-6-3)78-72(75)66-63-60-57-54-51-48-45-43-41-38-34-32-30-28-26-23-20-17-14-11-8-5-2/h21-22,24-25,29,31,69H,4-20,23,26-28,30,32-68H2,1-3H3/b24-21-,25-22-,31-29-. The van der Waals surface area contributed by atoms with Gasteiger partial charge < -0.3 is 14.2 Å². The molecule has 0 aliphatic carbocycles. The van der Waals surface area contributed by atoms with E-state index < -0.39 is 6.10 Å². The molecular formula is C72H134O6. The van der Waals surface area contributed by atoms with Gasteiger partial charge in [-0.1, -0.05) is 327 Å². The Hall–Kier alpha value is -2.37. The van der Waals surface area contributed by atoms with Gasteiger partial charge in [-0.2, -0.15) is 0 Å². The lowest BCUT2D eigenvalue weighted by atomic mass is 10.0. The molecule has 0 rings (SSSR count). The maximum Gasteiger partial charge on any atom is 0.306 e. The summed E-state index contributed by atoms with van der Waals surface area (Å²) in [5, 5.41) is 0. The molecule has 0 spiro atoms. The highest BCUT2D eigenvalue weighted by molar-refractivity contribution is 5.71. The molecule has 0 saturated heterocycles. The van der Waals surface area contributed by atoms with Crippen LogP contribution in [0.3, 0.4) is 0 Å². The zero-order valence-electron chi connectivity index (χ0n) is 52.7. The number of esters is 3. The van der Waals surface area contributed by atoms with Crippen molar-refractivity contribution >= 4 is 17.9 Å². The molecule has 1 atom stereocenters. The molecular weight excluding hydrogens is 961 g/mol. The largest absolute Gasteiger partial charge is 0.462 e. The van der Waals surface area contributed by atoms with E-state index in [1.807, 2.05) is 0 Å². The molecule has 0 aromatic rings. The van der Waals surface area contributed by atoms with Crippen LogP contribution < -0.4 is 0 Å². The van der Waals surface area contributed by atoms with E-state index in [1.165, 1.54) is 276 Å². The highest BCUT2D eigenvalue weighted by Crippen LogP contribution is 2.18. The summed E-state index contributed by atoms with van der Waals surface area (Å²) >= 11 is 0. The van der Waals surface area contributed by atoms with Crippen molar-refractivity contribution in [3.8, 4) is 0 Å². The van der Waals surface area contributed by atoms with Crippen LogP contribution >= 0.6 is 0 Å². The summed E-state index contributed by atoms with van der Waals surface area (Å²) in [7, 11) is 0. The smallest absolute Gasteiger partial charge is 0.306 e. The number of rotatable bonds is 65. The summed E-state index contributed by atoms with van der Waals surface area (Å²) in [6.07, 6.45) is 83.1. The van der Waals surface area contributed by atoms with Crippen LogP contribution in [-0.2, 0) is 28.6 Å². The second-order valence-electron chi connectivity index (χ2n) is 23.8. The average molecular weight is 1100 g/mol. The van der Waals surface area contributed by atoms with E-state index in [-0.39, 0.29) is 31.1 Å². The van der Waals surface area contributed by atoms with Crippen molar-refractivity contribution in [1.29, 1.82) is 0 Å². The van der Waals surface area contributed by atoms with E-state index in [1.54, 1.807) is 0 Å². The fourth-order valence-corrected chi connectivity index (χ4v) is 10.6. The van der Waals surface area contributed by atoms with Crippen LogP contribution in [0, 0.1) is 0 Å². The SMILES string of the molecule is CCCCCC/C=C\CCCCCCCC(=O)OCC(COC(=O)CCCCCCCCCCCCCCC/C=C\C/C=C\CCCCCCC)OC(=O)CCCCCCCCCCCCCCCCCCCCCCCC. The van der Waals surface area contributed by atoms with E-state index in [4.69, 9.17) is 14.2 Å². The first-order valence-corrected chi connectivity index (χ1v) is 35.0. The fraction of sp³-hybridized carbons (Fsp3) is 0.875. The number of ether oxygens (including phenoxy) is 3. The van der Waals surface area contributed by atoms with Crippen molar-refractivity contribution in [2.75, 3.05) is 13.2 Å². The Morgan fingerprint density at radius 1 is 0.256 bits per heavy atom. The molecule has 6 heteroatoms. The topological polar surface area (TPSA) is 78.9 Å². The number of hydrogen-bond acceptors (Lipinski definition) is 6. The molecule has 0 aliphatic rings. The van der Waals surface area contributed by atoms with Gasteiger partial charge in [0.25, 0.3) is 0 Å². The summed E-state index contributed by atoms with van der Waals surface area (Å²) in [5.41, 5.74) is 0. The van der Waals surface area contributed by atoms with Crippen LogP contribution in [0.1, 0.15) is 387 Å². The molecule has 0 aromatic carbocycles. The highest BCUT2D eigenvalue weighted by atomic mass is 16.6. The minimum Gasteiger partial charge on any atom is -0.462 e. The predicted molar refractivity (Wildman–Crippen MR) is 339 cm³/mol. The van der Waals surface area contributed by atoms with Crippen LogP contribution in [0.5, 0.6) is 0 Å². The van der Waals surface area contributed by atoms with E-state index >= 15 is 0 Å². The van der Waals surface area contributed by atoms with Gasteiger partial charge in [0.15, 0.2) is 6.10 Å². The van der Waals surface area contributed by atoms with Crippen molar-refractivity contribution in [2.45, 2.75) is 393 Å². The van der Waals surface area contributed by atoms with Crippen LogP contribution in [0.4, 0.5) is 0 Å². The van der Waals surface area contributed by atoms with Gasteiger partial charge >= 0.3 is 17.9 Å². The summed E-state index contributed by atoms with van der Waals surface area (Å²) in [6, 6.07) is 0. The van der Waals surface area contributed by atoms with Crippen LogP contribution in [0.2, 0.25) is 0 Å². The average Bonchev–Trinajstić information content (AvgIpc) is 3.44. The molecule has 6 nitrogen and oxygen atoms in total. The van der Waals surface area contributed by atoms with Gasteiger partial charge in [-0.3, -0.25) is 14.4 Å². The molecule has 0 amide bonds. The summed E-state index contributed by atoms with van der Waals surface area (Å²) in [6.45, 7) is 6.68. The minimum absolute atomic E-state index is 0.0703. The Kier molecular flexibility index (Phi) is 65.1. The predicted octanol–water partition coefficient (Wildman–Crippen LogP) is 23.9. The number of carbonyl (C=O) groups excluding carboxylic acids is 3. The van der Waals surface area contributed by atoms with E-state index in [9.17, 15) is 14.4 Å². The maximum atomic E-state index is 12.9. The van der Waals surface area contributed by atoms with Gasteiger partial charge in [0.2, 0.25) is 0 Å². The highest BCUT2D eigenvalue weighted by Gasteiger charge is 2.19. The second kappa shape index (κ2) is 67.1. The fourth-order valence-electron chi connectivity index (χ4n) is 10.6. The first-order valence-electron chi connectivity index (χ1n) is 35.0. The van der Waals surface area contributed by atoms with Crippen molar-refractivity contribution in [1.82, 2.24) is 0 Å². The number of carbonyl (C=O) groups is 3. The third-order valence-corrected chi connectivity index (χ3v) is 15.9. The Balaban J connectivity index is 4.24. The zero-order chi connectivity index (χ0) is 56.4. The Morgan fingerprint density at radius 3 is 0.731 bits per heavy atom. The van der Waals surface area contributed by atoms with Crippen LogP contribution in [-0.4, -0.2) is 37.2 Å². The summed E-state index contributed by atoms with van der Waals surface area (Å²) < 4.78 is 17.0. The van der Waals surface area contributed by atoms with Crippen molar-refractivity contribution in [3.63, 3.8) is 0 Å². The molecule has 0 N–H and O–H groups in total. The van der Waals surface area contributed by atoms with E-state index in [0.717, 1.165) is 70.6 Å². The zero-order valence-corrected chi connectivity index (χ0v) is 52.7. The third-order valence-electron chi connectivity index (χ3n) is 15.9. The lowest BCUT2D eigenvalue weighted by molar-refractivity contribution is -0.167. The third kappa shape index (κ3) is 64.5. The molecule has 0 aliphatic heterocycles. The van der Waals surface area contributed by atoms with Gasteiger partial charge in [0.1, 0.15) is 13.2 Å². The Bertz CT molecular complexity index is 1300. The monoisotopic (exact) mass is 1100 g/mol. The Morgan fingerprint density at radius 2 is 0.462 bits per heavy atom.